The fourth-order valence-corrected chi connectivity index (χ4v) is 2.25. The first-order valence-corrected chi connectivity index (χ1v) is 6.94. The van der Waals surface area contributed by atoms with Crippen LogP contribution in [0.2, 0.25) is 0 Å². The summed E-state index contributed by atoms with van der Waals surface area (Å²) in [7, 11) is 0. The van der Waals surface area contributed by atoms with Gasteiger partial charge in [-0.1, -0.05) is 12.1 Å². The van der Waals surface area contributed by atoms with Gasteiger partial charge in [0, 0.05) is 12.6 Å². The highest BCUT2D eigenvalue weighted by Gasteiger charge is 2.18. The van der Waals surface area contributed by atoms with Gasteiger partial charge in [-0.15, -0.1) is 0 Å². The molecule has 1 unspecified atom stereocenters. The maximum absolute atomic E-state index is 12.3. The summed E-state index contributed by atoms with van der Waals surface area (Å²) in [5, 5.41) is 6.36. The molecule has 0 saturated carbocycles. The van der Waals surface area contributed by atoms with E-state index in [1.54, 1.807) is 0 Å². The van der Waals surface area contributed by atoms with Crippen molar-refractivity contribution in [3.8, 4) is 5.75 Å². The van der Waals surface area contributed by atoms with Gasteiger partial charge in [0.05, 0.1) is 11.7 Å². The summed E-state index contributed by atoms with van der Waals surface area (Å²) < 4.78 is 5.68. The second kappa shape index (κ2) is 6.57. The van der Waals surface area contributed by atoms with Gasteiger partial charge in [0.25, 0.3) is 5.91 Å². The van der Waals surface area contributed by atoms with E-state index in [0.717, 1.165) is 25.9 Å². The summed E-state index contributed by atoms with van der Waals surface area (Å²) in [4.78, 5) is 12.3. The Hall–Kier alpha value is -1.55. The van der Waals surface area contributed by atoms with Crippen LogP contribution in [0.25, 0.3) is 0 Å². The van der Waals surface area contributed by atoms with Gasteiger partial charge >= 0.3 is 0 Å². The number of carbonyl (C=O) groups excluding carboxylic acids is 1. The lowest BCUT2D eigenvalue weighted by molar-refractivity contribution is 0.0925. The number of para-hydroxylation sites is 1. The summed E-state index contributed by atoms with van der Waals surface area (Å²) in [6.07, 6.45) is 2.20. The molecule has 0 bridgehead atoms. The number of nitrogens with one attached hydrogen (secondary N) is 2. The lowest BCUT2D eigenvalue weighted by atomic mass is 10.1. The lowest BCUT2D eigenvalue weighted by Crippen LogP contribution is -2.45. The van der Waals surface area contributed by atoms with Crippen LogP contribution in [0, 0.1) is 0 Å². The molecule has 1 aliphatic rings. The molecule has 19 heavy (non-hydrogen) atoms. The average molecular weight is 262 g/mol. The van der Waals surface area contributed by atoms with E-state index < -0.39 is 0 Å². The summed E-state index contributed by atoms with van der Waals surface area (Å²) in [6, 6.07) is 7.61. The molecule has 1 saturated heterocycles. The zero-order valence-electron chi connectivity index (χ0n) is 11.6. The zero-order chi connectivity index (χ0) is 13.7. The summed E-state index contributed by atoms with van der Waals surface area (Å²) in [5.41, 5.74) is 0.613. The van der Waals surface area contributed by atoms with Crippen molar-refractivity contribution in [2.75, 3.05) is 13.1 Å². The van der Waals surface area contributed by atoms with E-state index in [1.807, 2.05) is 38.1 Å². The molecule has 1 aliphatic heterocycles. The molecule has 4 nitrogen and oxygen atoms in total. The molecule has 0 aliphatic carbocycles. The van der Waals surface area contributed by atoms with Crippen LogP contribution in [-0.2, 0) is 0 Å². The van der Waals surface area contributed by atoms with Gasteiger partial charge in [-0.3, -0.25) is 4.79 Å². The van der Waals surface area contributed by atoms with Crippen molar-refractivity contribution >= 4 is 5.91 Å². The average Bonchev–Trinajstić information content (AvgIpc) is 2.39. The number of hydrogen-bond donors (Lipinski definition) is 2. The van der Waals surface area contributed by atoms with Crippen molar-refractivity contribution in [1.82, 2.24) is 10.6 Å². The van der Waals surface area contributed by atoms with E-state index in [9.17, 15) is 4.79 Å². The predicted molar refractivity (Wildman–Crippen MR) is 75.6 cm³/mol. The first kappa shape index (κ1) is 13.9. The molecule has 4 heteroatoms. The molecule has 1 fully saturated rings. The van der Waals surface area contributed by atoms with Crippen molar-refractivity contribution in [1.29, 1.82) is 0 Å². The smallest absolute Gasteiger partial charge is 0.255 e. The van der Waals surface area contributed by atoms with Crippen LogP contribution in [0.5, 0.6) is 5.75 Å². The van der Waals surface area contributed by atoms with Crippen molar-refractivity contribution in [3.63, 3.8) is 0 Å². The predicted octanol–water partition coefficient (Wildman–Crippen LogP) is 1.96. The monoisotopic (exact) mass is 262 g/mol. The van der Waals surface area contributed by atoms with Gasteiger partial charge in [0.1, 0.15) is 5.75 Å². The van der Waals surface area contributed by atoms with Crippen LogP contribution in [0.1, 0.15) is 37.0 Å². The molecule has 1 aromatic carbocycles. The molecule has 0 spiro atoms. The summed E-state index contributed by atoms with van der Waals surface area (Å²) >= 11 is 0. The minimum atomic E-state index is -0.0510. The Kier molecular flexibility index (Phi) is 4.80. The Labute approximate surface area is 114 Å². The maximum Gasteiger partial charge on any atom is 0.255 e. The number of rotatable bonds is 4. The fraction of sp³-hybridized carbons (Fsp3) is 0.533. The quantitative estimate of drug-likeness (QED) is 0.872. The number of benzene rings is 1. The standard InChI is InChI=1S/C15H22N2O2/c1-11(2)19-14-8-4-3-7-13(14)15(18)17-12-6-5-9-16-10-12/h3-4,7-8,11-12,16H,5-6,9-10H2,1-2H3,(H,17,18). The molecule has 2 N–H and O–H groups in total. The van der Waals surface area contributed by atoms with Crippen molar-refractivity contribution < 1.29 is 9.53 Å². The molecule has 104 valence electrons. The molecular formula is C15H22N2O2. The van der Waals surface area contributed by atoms with E-state index in [0.29, 0.717) is 11.3 Å². The van der Waals surface area contributed by atoms with E-state index in [1.165, 1.54) is 0 Å². The van der Waals surface area contributed by atoms with E-state index >= 15 is 0 Å². The van der Waals surface area contributed by atoms with Gasteiger partial charge in [0.15, 0.2) is 0 Å². The third-order valence-electron chi connectivity index (χ3n) is 3.13. The van der Waals surface area contributed by atoms with Crippen molar-refractivity contribution in [2.45, 2.75) is 38.8 Å². The van der Waals surface area contributed by atoms with Crippen LogP contribution in [0.4, 0.5) is 0 Å². The second-order valence-corrected chi connectivity index (χ2v) is 5.18. The Bertz CT molecular complexity index is 426. The minimum absolute atomic E-state index is 0.0510. The van der Waals surface area contributed by atoms with Crippen LogP contribution < -0.4 is 15.4 Å². The van der Waals surface area contributed by atoms with Crippen LogP contribution in [0.15, 0.2) is 24.3 Å². The number of piperidine rings is 1. The van der Waals surface area contributed by atoms with E-state index in [4.69, 9.17) is 4.74 Å². The second-order valence-electron chi connectivity index (χ2n) is 5.18. The molecule has 0 radical (unpaired) electrons. The lowest BCUT2D eigenvalue weighted by Gasteiger charge is -2.24. The molecule has 1 amide bonds. The molecule has 2 rings (SSSR count). The van der Waals surface area contributed by atoms with Gasteiger partial charge in [0.2, 0.25) is 0 Å². The van der Waals surface area contributed by atoms with Crippen molar-refractivity contribution in [3.05, 3.63) is 29.8 Å². The van der Waals surface area contributed by atoms with Crippen LogP contribution in [0.3, 0.4) is 0 Å². The zero-order valence-corrected chi connectivity index (χ0v) is 11.6. The molecule has 1 atom stereocenters. The number of carbonyl (C=O) groups is 1. The SMILES string of the molecule is CC(C)Oc1ccccc1C(=O)NC1CCCNC1. The molecule has 1 aromatic rings. The highest BCUT2D eigenvalue weighted by Crippen LogP contribution is 2.19. The largest absolute Gasteiger partial charge is 0.490 e. The Morgan fingerprint density at radius 2 is 2.21 bits per heavy atom. The third kappa shape index (κ3) is 3.96. The number of ether oxygens (including phenoxy) is 1. The topological polar surface area (TPSA) is 50.4 Å². The Balaban J connectivity index is 2.05. The fourth-order valence-electron chi connectivity index (χ4n) is 2.25. The van der Waals surface area contributed by atoms with Gasteiger partial charge in [-0.05, 0) is 45.4 Å². The van der Waals surface area contributed by atoms with Crippen molar-refractivity contribution in [2.24, 2.45) is 0 Å². The molecule has 1 heterocycles. The Morgan fingerprint density at radius 3 is 2.89 bits per heavy atom. The van der Waals surface area contributed by atoms with Gasteiger partial charge in [-0.25, -0.2) is 0 Å². The highest BCUT2D eigenvalue weighted by atomic mass is 16.5. The van der Waals surface area contributed by atoms with Gasteiger partial charge in [-0.2, -0.15) is 0 Å². The third-order valence-corrected chi connectivity index (χ3v) is 3.13. The number of hydrogen-bond acceptors (Lipinski definition) is 3. The summed E-state index contributed by atoms with van der Waals surface area (Å²) in [6.45, 7) is 5.80. The van der Waals surface area contributed by atoms with Crippen LogP contribution in [-0.4, -0.2) is 31.1 Å². The van der Waals surface area contributed by atoms with Gasteiger partial charge < -0.3 is 15.4 Å². The Morgan fingerprint density at radius 1 is 1.42 bits per heavy atom. The van der Waals surface area contributed by atoms with E-state index in [-0.39, 0.29) is 18.1 Å². The van der Waals surface area contributed by atoms with Crippen LogP contribution >= 0.6 is 0 Å². The molecule has 0 aromatic heterocycles. The first-order valence-electron chi connectivity index (χ1n) is 6.94. The molecular weight excluding hydrogens is 240 g/mol. The minimum Gasteiger partial charge on any atom is -0.490 e. The maximum atomic E-state index is 12.3. The number of amides is 1. The summed E-state index contributed by atoms with van der Waals surface area (Å²) in [5.74, 6) is 0.601. The highest BCUT2D eigenvalue weighted by molar-refractivity contribution is 5.97. The normalized spacial score (nSPS) is 19.2. The van der Waals surface area contributed by atoms with E-state index in [2.05, 4.69) is 10.6 Å². The first-order chi connectivity index (χ1) is 9.16.